The summed E-state index contributed by atoms with van der Waals surface area (Å²) in [6.45, 7) is 3.77. The molecule has 0 aliphatic carbocycles. The van der Waals surface area contributed by atoms with E-state index in [0.717, 1.165) is 0 Å². The van der Waals surface area contributed by atoms with Crippen LogP contribution in [0.1, 0.15) is 6.92 Å². The highest BCUT2D eigenvalue weighted by Gasteiger charge is 2.28. The van der Waals surface area contributed by atoms with E-state index >= 15 is 0 Å². The number of nitro groups is 1. The van der Waals surface area contributed by atoms with E-state index in [9.17, 15) is 14.9 Å². The van der Waals surface area contributed by atoms with E-state index in [0.29, 0.717) is 26.3 Å². The summed E-state index contributed by atoms with van der Waals surface area (Å²) in [4.78, 5) is 28.0. The van der Waals surface area contributed by atoms with Gasteiger partial charge < -0.3 is 24.5 Å². The minimum Gasteiger partial charge on any atom is -0.463 e. The summed E-state index contributed by atoms with van der Waals surface area (Å²) in [5.74, 6) is -0.455. The number of hydrogen-bond donors (Lipinski definition) is 0. The number of imidazole rings is 1. The Morgan fingerprint density at radius 1 is 1.55 bits per heavy atom. The highest BCUT2D eigenvalue weighted by Crippen LogP contribution is 2.27. The molecule has 1 fully saturated rings. The maximum Gasteiger partial charge on any atom is 0.367 e. The lowest BCUT2D eigenvalue weighted by atomic mass is 10.4. The smallest absolute Gasteiger partial charge is 0.367 e. The average molecular weight is 284 g/mol. The van der Waals surface area contributed by atoms with Gasteiger partial charge in [-0.15, -0.1) is 0 Å². The second-order valence-electron chi connectivity index (χ2n) is 4.18. The molecule has 9 heteroatoms. The van der Waals surface area contributed by atoms with Gasteiger partial charge in [0.1, 0.15) is 0 Å². The molecule has 2 rings (SSSR count). The lowest BCUT2D eigenvalue weighted by Crippen LogP contribution is -2.36. The predicted molar refractivity (Wildman–Crippen MR) is 68.5 cm³/mol. The zero-order valence-corrected chi connectivity index (χ0v) is 11.2. The fourth-order valence-electron chi connectivity index (χ4n) is 2.01. The highest BCUT2D eigenvalue weighted by molar-refractivity contribution is 5.70. The maximum atomic E-state index is 11.4. The largest absolute Gasteiger partial charge is 0.463 e. The molecule has 0 atom stereocenters. The van der Waals surface area contributed by atoms with Crippen molar-refractivity contribution in [1.29, 1.82) is 0 Å². The van der Waals surface area contributed by atoms with Crippen molar-refractivity contribution < 1.29 is 19.2 Å². The summed E-state index contributed by atoms with van der Waals surface area (Å²) >= 11 is 0. The zero-order valence-electron chi connectivity index (χ0n) is 11.2. The van der Waals surface area contributed by atoms with Crippen LogP contribution in [0.25, 0.3) is 0 Å². The predicted octanol–water partition coefficient (Wildman–Crippen LogP) is 0.191. The van der Waals surface area contributed by atoms with E-state index in [2.05, 4.69) is 4.98 Å². The number of hydrogen-bond acceptors (Lipinski definition) is 7. The first-order chi connectivity index (χ1) is 9.63. The first-order valence-corrected chi connectivity index (χ1v) is 6.31. The third-order valence-electron chi connectivity index (χ3n) is 2.88. The normalized spacial score (nSPS) is 15.2. The third-order valence-corrected chi connectivity index (χ3v) is 2.88. The van der Waals surface area contributed by atoms with Gasteiger partial charge in [0.05, 0.1) is 19.8 Å². The van der Waals surface area contributed by atoms with Crippen LogP contribution in [-0.4, -0.2) is 53.4 Å². The molecule has 2 heterocycles. The SMILES string of the molecule is CCOC(=O)Cn1cnc(N2CCOCC2)c1[N+](=O)[O-]. The Hall–Kier alpha value is -2.16. The van der Waals surface area contributed by atoms with Gasteiger partial charge in [-0.05, 0) is 11.8 Å². The molecule has 0 spiro atoms. The van der Waals surface area contributed by atoms with Crippen LogP contribution >= 0.6 is 0 Å². The molecule has 0 radical (unpaired) electrons. The number of anilines is 1. The van der Waals surface area contributed by atoms with E-state index in [1.807, 2.05) is 0 Å². The van der Waals surface area contributed by atoms with Crippen LogP contribution in [-0.2, 0) is 20.8 Å². The summed E-state index contributed by atoms with van der Waals surface area (Å²) in [6, 6.07) is 0. The molecule has 0 unspecified atom stereocenters. The van der Waals surface area contributed by atoms with Crippen molar-refractivity contribution in [2.24, 2.45) is 0 Å². The minimum atomic E-state index is -0.531. The quantitative estimate of drug-likeness (QED) is 0.432. The number of rotatable bonds is 5. The molecule has 110 valence electrons. The molecule has 0 N–H and O–H groups in total. The second kappa shape index (κ2) is 6.33. The first-order valence-electron chi connectivity index (χ1n) is 6.31. The van der Waals surface area contributed by atoms with Crippen LogP contribution in [0, 0.1) is 10.1 Å². The molecule has 0 bridgehead atoms. The minimum absolute atomic E-state index is 0.194. The van der Waals surface area contributed by atoms with E-state index in [1.165, 1.54) is 10.9 Å². The van der Waals surface area contributed by atoms with Crippen LogP contribution in [0.5, 0.6) is 0 Å². The molecular weight excluding hydrogens is 268 g/mol. The fraction of sp³-hybridized carbons (Fsp3) is 0.636. The maximum absolute atomic E-state index is 11.4. The van der Waals surface area contributed by atoms with Crippen LogP contribution in [0.2, 0.25) is 0 Å². The number of esters is 1. The van der Waals surface area contributed by atoms with Crippen LogP contribution in [0.3, 0.4) is 0 Å². The summed E-state index contributed by atoms with van der Waals surface area (Å²) in [5.41, 5.74) is 0. The van der Waals surface area contributed by atoms with Crippen molar-refractivity contribution in [1.82, 2.24) is 9.55 Å². The zero-order chi connectivity index (χ0) is 14.5. The Kier molecular flexibility index (Phi) is 4.51. The fourth-order valence-corrected chi connectivity index (χ4v) is 2.01. The first kappa shape index (κ1) is 14.3. The van der Waals surface area contributed by atoms with Crippen molar-refractivity contribution in [3.63, 3.8) is 0 Å². The summed E-state index contributed by atoms with van der Waals surface area (Å²) in [7, 11) is 0. The van der Waals surface area contributed by atoms with Gasteiger partial charge in [-0.3, -0.25) is 0 Å². The van der Waals surface area contributed by atoms with Gasteiger partial charge in [0.25, 0.3) is 0 Å². The summed E-state index contributed by atoms with van der Waals surface area (Å²) in [6.07, 6.45) is 1.29. The van der Waals surface area contributed by atoms with Crippen molar-refractivity contribution in [2.45, 2.75) is 13.5 Å². The van der Waals surface area contributed by atoms with Crippen molar-refractivity contribution >= 4 is 17.6 Å². The van der Waals surface area contributed by atoms with E-state index in [-0.39, 0.29) is 24.8 Å². The third kappa shape index (κ3) is 3.05. The van der Waals surface area contributed by atoms with Gasteiger partial charge in [-0.2, -0.15) is 9.55 Å². The van der Waals surface area contributed by atoms with Crippen LogP contribution in [0.15, 0.2) is 6.33 Å². The molecule has 1 aliphatic heterocycles. The number of morpholine rings is 1. The van der Waals surface area contributed by atoms with E-state index < -0.39 is 10.9 Å². The Bertz CT molecular complexity index is 495. The molecule has 20 heavy (non-hydrogen) atoms. The lowest BCUT2D eigenvalue weighted by Gasteiger charge is -2.26. The van der Waals surface area contributed by atoms with E-state index in [1.54, 1.807) is 11.8 Å². The van der Waals surface area contributed by atoms with E-state index in [4.69, 9.17) is 9.47 Å². The molecule has 0 amide bonds. The van der Waals surface area contributed by atoms with Gasteiger partial charge in [0.2, 0.25) is 5.82 Å². The van der Waals surface area contributed by atoms with Crippen molar-refractivity contribution in [3.05, 3.63) is 16.4 Å². The average Bonchev–Trinajstić information content (AvgIpc) is 2.83. The van der Waals surface area contributed by atoms with Gasteiger partial charge in [0, 0.05) is 13.1 Å². The molecule has 1 saturated heterocycles. The monoisotopic (exact) mass is 284 g/mol. The number of nitrogens with zero attached hydrogens (tertiary/aromatic N) is 4. The topological polar surface area (TPSA) is 99.7 Å². The Morgan fingerprint density at radius 3 is 2.85 bits per heavy atom. The van der Waals surface area contributed by atoms with Gasteiger partial charge >= 0.3 is 11.8 Å². The summed E-state index contributed by atoms with van der Waals surface area (Å²) < 4.78 is 11.2. The molecule has 9 nitrogen and oxygen atoms in total. The molecule has 1 aliphatic rings. The Morgan fingerprint density at radius 2 is 2.25 bits per heavy atom. The van der Waals surface area contributed by atoms with Gasteiger partial charge in [0.15, 0.2) is 12.9 Å². The number of carbonyl (C=O) groups excluding carboxylic acids is 1. The van der Waals surface area contributed by atoms with Gasteiger partial charge in [-0.1, -0.05) is 0 Å². The Balaban J connectivity index is 2.22. The second-order valence-corrected chi connectivity index (χ2v) is 4.18. The Labute approximate surface area is 115 Å². The lowest BCUT2D eigenvalue weighted by molar-refractivity contribution is -0.391. The molecule has 1 aromatic rings. The van der Waals surface area contributed by atoms with Crippen LogP contribution < -0.4 is 4.90 Å². The van der Waals surface area contributed by atoms with Crippen molar-refractivity contribution in [2.75, 3.05) is 37.8 Å². The van der Waals surface area contributed by atoms with Gasteiger partial charge in [-0.25, -0.2) is 4.79 Å². The molecule has 1 aromatic heterocycles. The summed E-state index contributed by atoms with van der Waals surface area (Å²) in [5, 5.41) is 11.2. The molecule has 0 aromatic carbocycles. The number of ether oxygens (including phenoxy) is 2. The van der Waals surface area contributed by atoms with Crippen molar-refractivity contribution in [3.8, 4) is 0 Å². The molecular formula is C11H16N4O5. The molecule has 0 saturated carbocycles. The van der Waals surface area contributed by atoms with Crippen LogP contribution in [0.4, 0.5) is 11.6 Å². The highest BCUT2D eigenvalue weighted by atomic mass is 16.6. The number of aromatic nitrogens is 2. The number of carbonyl (C=O) groups is 1. The standard InChI is InChI=1S/C11H16N4O5/c1-2-20-9(16)7-14-8-12-10(11(14)15(17)18)13-3-5-19-6-4-13/h8H,2-7H2,1H3.